The highest BCUT2D eigenvalue weighted by atomic mass is 19.1. The molecule has 1 fully saturated rings. The minimum atomic E-state index is -0.653. The summed E-state index contributed by atoms with van der Waals surface area (Å²) in [6, 6.07) is 2.33. The predicted octanol–water partition coefficient (Wildman–Crippen LogP) is 3.96. The molecule has 140 valence electrons. The molecule has 1 aliphatic rings. The smallest absolute Gasteiger partial charge is 0.130 e. The number of nitrogens with two attached hydrogens (primary N) is 1. The van der Waals surface area contributed by atoms with E-state index in [-0.39, 0.29) is 18.2 Å². The van der Waals surface area contributed by atoms with Crippen LogP contribution in [0.2, 0.25) is 0 Å². The summed E-state index contributed by atoms with van der Waals surface area (Å²) in [4.78, 5) is 2.22. The molecule has 1 heterocycles. The fourth-order valence-electron chi connectivity index (χ4n) is 3.39. The number of halogens is 2. The van der Waals surface area contributed by atoms with Crippen molar-refractivity contribution in [3.8, 4) is 0 Å². The summed E-state index contributed by atoms with van der Waals surface area (Å²) in [5.41, 5.74) is 7.34. The molecule has 5 heteroatoms. The van der Waals surface area contributed by atoms with Gasteiger partial charge in [0.2, 0.25) is 0 Å². The zero-order valence-electron chi connectivity index (χ0n) is 15.3. The first-order valence-electron chi connectivity index (χ1n) is 8.71. The van der Waals surface area contributed by atoms with E-state index in [0.717, 1.165) is 30.7 Å². The number of likely N-dealkylation sites (tertiary alicyclic amines) is 1. The molecule has 3 N–H and O–H groups in total. The summed E-state index contributed by atoms with van der Waals surface area (Å²) in [5.74, 6) is -1.31. The minimum Gasteiger partial charge on any atom is -0.377 e. The average molecular weight is 359 g/mol. The summed E-state index contributed by atoms with van der Waals surface area (Å²) in [6.07, 6.45) is 7.13. The van der Waals surface area contributed by atoms with E-state index >= 15 is 0 Å². The Hall–Kier alpha value is -2.24. The molecule has 1 saturated heterocycles. The Morgan fingerprint density at radius 3 is 2.50 bits per heavy atom. The zero-order valence-corrected chi connectivity index (χ0v) is 15.3. The quantitative estimate of drug-likeness (QED) is 0.691. The van der Waals surface area contributed by atoms with Crippen LogP contribution in [0.15, 0.2) is 61.4 Å². The summed E-state index contributed by atoms with van der Waals surface area (Å²) in [5, 5.41) is 3.35. The molecule has 0 bridgehead atoms. The standard InChI is InChI=1S/C21H27F2N3/c1-5-8-15(6-2)21(25-14(3)20-9-7-10-26(20)4)16-11-18(22)17(13-24)19(23)12-16/h5-6,8,11-12,20-21,25H,1-3,7,9-10,13,24H2,4H3/b15-8+. The van der Waals surface area contributed by atoms with Crippen LogP contribution in [0.25, 0.3) is 0 Å². The highest BCUT2D eigenvalue weighted by Crippen LogP contribution is 2.29. The Bertz CT molecular complexity index is 701. The summed E-state index contributed by atoms with van der Waals surface area (Å²) < 4.78 is 28.6. The summed E-state index contributed by atoms with van der Waals surface area (Å²) in [6.45, 7) is 12.5. The molecule has 1 aliphatic heterocycles. The molecule has 1 aromatic carbocycles. The highest BCUT2D eigenvalue weighted by molar-refractivity contribution is 5.39. The van der Waals surface area contributed by atoms with Crippen molar-refractivity contribution >= 4 is 0 Å². The summed E-state index contributed by atoms with van der Waals surface area (Å²) >= 11 is 0. The van der Waals surface area contributed by atoms with Crippen molar-refractivity contribution < 1.29 is 8.78 Å². The van der Waals surface area contributed by atoms with Crippen LogP contribution in [0.1, 0.15) is 30.0 Å². The molecule has 0 radical (unpaired) electrons. The van der Waals surface area contributed by atoms with Gasteiger partial charge in [0, 0.05) is 23.8 Å². The second-order valence-corrected chi connectivity index (χ2v) is 6.51. The number of nitrogens with one attached hydrogen (secondary N) is 1. The number of nitrogens with zero attached hydrogens (tertiary/aromatic N) is 1. The molecule has 2 rings (SSSR count). The van der Waals surface area contributed by atoms with E-state index < -0.39 is 17.7 Å². The molecule has 0 amide bonds. The Balaban J connectivity index is 2.41. The third-order valence-corrected chi connectivity index (χ3v) is 4.83. The number of allylic oxidation sites excluding steroid dienone is 2. The van der Waals surface area contributed by atoms with Crippen molar-refractivity contribution in [3.05, 3.63) is 84.1 Å². The van der Waals surface area contributed by atoms with Crippen molar-refractivity contribution in [2.24, 2.45) is 5.73 Å². The molecule has 2 unspecified atom stereocenters. The average Bonchev–Trinajstić information content (AvgIpc) is 3.03. The first kappa shape index (κ1) is 20.1. The van der Waals surface area contributed by atoms with Crippen LogP contribution >= 0.6 is 0 Å². The van der Waals surface area contributed by atoms with Crippen LogP contribution in [-0.2, 0) is 6.54 Å². The predicted molar refractivity (Wildman–Crippen MR) is 103 cm³/mol. The SMILES string of the molecule is C=C/C=C(\C=C)C(NC(=C)C1CCCN1C)c1cc(F)c(CN)c(F)c1. The minimum absolute atomic E-state index is 0.116. The van der Waals surface area contributed by atoms with Gasteiger partial charge in [0.1, 0.15) is 11.6 Å². The molecule has 0 spiro atoms. The molecular weight excluding hydrogens is 332 g/mol. The van der Waals surface area contributed by atoms with Crippen molar-refractivity contribution in [3.63, 3.8) is 0 Å². The number of benzene rings is 1. The van der Waals surface area contributed by atoms with Gasteiger partial charge in [-0.05, 0) is 49.7 Å². The van der Waals surface area contributed by atoms with Gasteiger partial charge in [-0.1, -0.05) is 38.0 Å². The first-order valence-corrected chi connectivity index (χ1v) is 8.71. The van der Waals surface area contributed by atoms with Crippen molar-refractivity contribution in [1.82, 2.24) is 10.2 Å². The lowest BCUT2D eigenvalue weighted by atomic mass is 9.95. The normalized spacial score (nSPS) is 19.2. The van der Waals surface area contributed by atoms with Gasteiger partial charge in [0.05, 0.1) is 6.04 Å². The Kier molecular flexibility index (Phi) is 6.89. The number of hydrogen-bond acceptors (Lipinski definition) is 3. The van der Waals surface area contributed by atoms with Crippen molar-refractivity contribution in [2.45, 2.75) is 31.5 Å². The second kappa shape index (κ2) is 8.92. The van der Waals surface area contributed by atoms with E-state index in [1.807, 2.05) is 7.05 Å². The van der Waals surface area contributed by atoms with E-state index in [0.29, 0.717) is 5.56 Å². The number of hydrogen-bond donors (Lipinski definition) is 2. The molecule has 0 aromatic heterocycles. The van der Waals surface area contributed by atoms with Crippen LogP contribution in [-0.4, -0.2) is 24.5 Å². The lowest BCUT2D eigenvalue weighted by Gasteiger charge is -2.29. The molecular formula is C21H27F2N3. The van der Waals surface area contributed by atoms with E-state index in [2.05, 4.69) is 30.0 Å². The first-order chi connectivity index (χ1) is 12.4. The second-order valence-electron chi connectivity index (χ2n) is 6.51. The monoisotopic (exact) mass is 359 g/mol. The van der Waals surface area contributed by atoms with E-state index in [1.54, 1.807) is 18.2 Å². The fraction of sp³-hybridized carbons (Fsp3) is 0.333. The van der Waals surface area contributed by atoms with E-state index in [4.69, 9.17) is 5.73 Å². The fourth-order valence-corrected chi connectivity index (χ4v) is 3.39. The highest BCUT2D eigenvalue weighted by Gasteiger charge is 2.26. The van der Waals surface area contributed by atoms with Gasteiger partial charge >= 0.3 is 0 Å². The Morgan fingerprint density at radius 2 is 2.04 bits per heavy atom. The van der Waals surface area contributed by atoms with Crippen LogP contribution in [0.4, 0.5) is 8.78 Å². The van der Waals surface area contributed by atoms with Gasteiger partial charge in [-0.3, -0.25) is 4.90 Å². The maximum Gasteiger partial charge on any atom is 0.130 e. The Morgan fingerprint density at radius 1 is 1.38 bits per heavy atom. The number of likely N-dealkylation sites (N-methyl/N-ethyl adjacent to an activating group) is 1. The maximum absolute atomic E-state index is 14.3. The molecule has 3 nitrogen and oxygen atoms in total. The van der Waals surface area contributed by atoms with Crippen LogP contribution < -0.4 is 11.1 Å². The Labute approximate surface area is 154 Å². The molecule has 0 aliphatic carbocycles. The zero-order chi connectivity index (χ0) is 19.3. The molecule has 26 heavy (non-hydrogen) atoms. The summed E-state index contributed by atoms with van der Waals surface area (Å²) in [7, 11) is 2.04. The lowest BCUT2D eigenvalue weighted by Crippen LogP contribution is -2.35. The van der Waals surface area contributed by atoms with Gasteiger partial charge in [-0.25, -0.2) is 8.78 Å². The van der Waals surface area contributed by atoms with Crippen LogP contribution in [0, 0.1) is 11.6 Å². The maximum atomic E-state index is 14.3. The molecule has 1 aromatic rings. The van der Waals surface area contributed by atoms with Gasteiger partial charge < -0.3 is 11.1 Å². The van der Waals surface area contributed by atoms with Crippen LogP contribution in [0.3, 0.4) is 0 Å². The molecule has 2 atom stereocenters. The van der Waals surface area contributed by atoms with E-state index in [1.165, 1.54) is 12.1 Å². The number of rotatable bonds is 8. The van der Waals surface area contributed by atoms with Gasteiger partial charge in [0.15, 0.2) is 0 Å². The largest absolute Gasteiger partial charge is 0.377 e. The van der Waals surface area contributed by atoms with Crippen molar-refractivity contribution in [2.75, 3.05) is 13.6 Å². The molecule has 0 saturated carbocycles. The van der Waals surface area contributed by atoms with E-state index in [9.17, 15) is 8.78 Å². The van der Waals surface area contributed by atoms with Crippen molar-refractivity contribution in [1.29, 1.82) is 0 Å². The van der Waals surface area contributed by atoms with Gasteiger partial charge in [-0.15, -0.1) is 0 Å². The van der Waals surface area contributed by atoms with Gasteiger partial charge in [-0.2, -0.15) is 0 Å². The lowest BCUT2D eigenvalue weighted by molar-refractivity contribution is 0.331. The topological polar surface area (TPSA) is 41.3 Å². The third-order valence-electron chi connectivity index (χ3n) is 4.83. The van der Waals surface area contributed by atoms with Gasteiger partial charge in [0.25, 0.3) is 0 Å². The third kappa shape index (κ3) is 4.29. The van der Waals surface area contributed by atoms with Crippen LogP contribution in [0.5, 0.6) is 0 Å².